The molecule has 27 heavy (non-hydrogen) atoms. The van der Waals surface area contributed by atoms with E-state index >= 15 is 0 Å². The number of nitrogens with one attached hydrogen (secondary N) is 1. The number of sulfone groups is 1. The Morgan fingerprint density at radius 3 is 2.59 bits per heavy atom. The molecule has 2 aromatic rings. The lowest BCUT2D eigenvalue weighted by molar-refractivity contribution is 0.0997. The Morgan fingerprint density at radius 1 is 1.30 bits per heavy atom. The second-order valence-electron chi connectivity index (χ2n) is 6.48. The van der Waals surface area contributed by atoms with E-state index in [1.165, 1.54) is 0 Å². The number of hydrogen-bond donors (Lipinski definition) is 2. The van der Waals surface area contributed by atoms with Crippen LogP contribution in [0.4, 0.5) is 0 Å². The van der Waals surface area contributed by atoms with Gasteiger partial charge in [0.1, 0.15) is 0 Å². The number of aromatic nitrogens is 1. The number of rotatable bonds is 7. The van der Waals surface area contributed by atoms with Gasteiger partial charge in [0, 0.05) is 20.2 Å². The first-order chi connectivity index (χ1) is 12.9. The first-order valence-electron chi connectivity index (χ1n) is 8.72. The lowest BCUT2D eigenvalue weighted by Gasteiger charge is -2.20. The highest BCUT2D eigenvalue weighted by Gasteiger charge is 2.26. The minimum absolute atomic E-state index is 0.0407. The van der Waals surface area contributed by atoms with Crippen molar-refractivity contribution in [3.8, 4) is 0 Å². The molecule has 3 N–H and O–H groups in total. The molecule has 1 atom stereocenters. The van der Waals surface area contributed by atoms with Crippen molar-refractivity contribution in [1.29, 1.82) is 0 Å². The summed E-state index contributed by atoms with van der Waals surface area (Å²) in [5.41, 5.74) is 9.19. The Bertz CT molecular complexity index is 956. The number of amides is 1. The zero-order chi connectivity index (χ0) is 19.6. The fraction of sp³-hybridized carbons (Fsp3) is 0.368. The van der Waals surface area contributed by atoms with E-state index in [9.17, 15) is 13.2 Å². The van der Waals surface area contributed by atoms with Gasteiger partial charge < -0.3 is 15.8 Å². The average Bonchev–Trinajstić information content (AvgIpc) is 3.12. The van der Waals surface area contributed by atoms with Crippen LogP contribution in [0.5, 0.6) is 0 Å². The zero-order valence-electron chi connectivity index (χ0n) is 15.4. The molecule has 0 unspecified atom stereocenters. The summed E-state index contributed by atoms with van der Waals surface area (Å²) in [6.07, 6.45) is 0. The first-order valence-corrected chi connectivity index (χ1v) is 10.4. The SMILES string of the molecule is CCS(=O)(=O)c1ccc([C@@H](COC)c2nc3c(cc2C(N)=O)CNC3)cc1. The Balaban J connectivity index is 2.08. The van der Waals surface area contributed by atoms with Crippen LogP contribution in [0.25, 0.3) is 0 Å². The second-order valence-corrected chi connectivity index (χ2v) is 8.75. The first kappa shape index (κ1) is 19.5. The van der Waals surface area contributed by atoms with E-state index < -0.39 is 15.7 Å². The third kappa shape index (κ3) is 3.87. The van der Waals surface area contributed by atoms with Crippen molar-refractivity contribution in [3.63, 3.8) is 0 Å². The van der Waals surface area contributed by atoms with Crippen molar-refractivity contribution in [1.82, 2.24) is 10.3 Å². The van der Waals surface area contributed by atoms with Crippen LogP contribution in [-0.2, 0) is 27.7 Å². The molecule has 0 aliphatic carbocycles. The molecule has 0 radical (unpaired) electrons. The van der Waals surface area contributed by atoms with Crippen LogP contribution in [0.3, 0.4) is 0 Å². The van der Waals surface area contributed by atoms with Crippen LogP contribution in [0, 0.1) is 0 Å². The van der Waals surface area contributed by atoms with Crippen LogP contribution >= 0.6 is 0 Å². The Hall–Kier alpha value is -2.29. The van der Waals surface area contributed by atoms with Gasteiger partial charge in [0.25, 0.3) is 5.91 Å². The van der Waals surface area contributed by atoms with Gasteiger partial charge in [-0.3, -0.25) is 9.78 Å². The smallest absolute Gasteiger partial charge is 0.250 e. The molecule has 0 saturated heterocycles. The largest absolute Gasteiger partial charge is 0.384 e. The van der Waals surface area contributed by atoms with Crippen molar-refractivity contribution >= 4 is 15.7 Å². The Kier molecular flexibility index (Phi) is 5.59. The summed E-state index contributed by atoms with van der Waals surface area (Å²) in [5.74, 6) is -0.834. The topological polar surface area (TPSA) is 111 Å². The van der Waals surface area contributed by atoms with Crippen LogP contribution < -0.4 is 11.1 Å². The highest BCUT2D eigenvalue weighted by atomic mass is 32.2. The highest BCUT2D eigenvalue weighted by molar-refractivity contribution is 7.91. The van der Waals surface area contributed by atoms with Gasteiger partial charge in [-0.15, -0.1) is 0 Å². The predicted octanol–water partition coefficient (Wildman–Crippen LogP) is 1.36. The molecule has 0 bridgehead atoms. The number of hydrogen-bond acceptors (Lipinski definition) is 6. The zero-order valence-corrected chi connectivity index (χ0v) is 16.2. The van der Waals surface area contributed by atoms with E-state index in [1.54, 1.807) is 44.4 Å². The van der Waals surface area contributed by atoms with Crippen LogP contribution in [-0.4, -0.2) is 38.8 Å². The fourth-order valence-electron chi connectivity index (χ4n) is 3.27. The maximum Gasteiger partial charge on any atom is 0.250 e. The van der Waals surface area contributed by atoms with Crippen LogP contribution in [0.2, 0.25) is 0 Å². The van der Waals surface area contributed by atoms with Crippen molar-refractivity contribution in [2.24, 2.45) is 5.73 Å². The van der Waals surface area contributed by atoms with Crippen LogP contribution in [0.1, 0.15) is 45.7 Å². The van der Waals surface area contributed by atoms with E-state index in [0.29, 0.717) is 31.0 Å². The quantitative estimate of drug-likeness (QED) is 0.739. The molecule has 0 fully saturated rings. The monoisotopic (exact) mass is 389 g/mol. The molecule has 3 rings (SSSR count). The van der Waals surface area contributed by atoms with Gasteiger partial charge in [0.15, 0.2) is 9.84 Å². The summed E-state index contributed by atoms with van der Waals surface area (Å²) in [6.45, 7) is 3.19. The third-order valence-electron chi connectivity index (χ3n) is 4.78. The van der Waals surface area contributed by atoms with E-state index in [2.05, 4.69) is 5.32 Å². The molecular formula is C19H23N3O4S. The third-order valence-corrected chi connectivity index (χ3v) is 6.53. The molecular weight excluding hydrogens is 366 g/mol. The number of benzene rings is 1. The molecule has 1 aliphatic rings. The summed E-state index contributed by atoms with van der Waals surface area (Å²) in [4.78, 5) is 17.0. The van der Waals surface area contributed by atoms with Gasteiger partial charge in [0.2, 0.25) is 0 Å². The number of pyridine rings is 1. The maximum absolute atomic E-state index is 12.0. The maximum atomic E-state index is 12.0. The summed E-state index contributed by atoms with van der Waals surface area (Å²) in [6, 6.07) is 8.43. The number of nitrogens with zero attached hydrogens (tertiary/aromatic N) is 1. The highest BCUT2D eigenvalue weighted by Crippen LogP contribution is 2.30. The molecule has 0 spiro atoms. The van der Waals surface area contributed by atoms with Gasteiger partial charge in [-0.25, -0.2) is 8.42 Å². The average molecular weight is 389 g/mol. The normalized spacial score (nSPS) is 14.7. The second kappa shape index (κ2) is 7.75. The van der Waals surface area contributed by atoms with Gasteiger partial charge >= 0.3 is 0 Å². The van der Waals surface area contributed by atoms with Gasteiger partial charge in [-0.2, -0.15) is 0 Å². The van der Waals surface area contributed by atoms with E-state index in [1.807, 2.05) is 0 Å². The minimum Gasteiger partial charge on any atom is -0.384 e. The summed E-state index contributed by atoms with van der Waals surface area (Å²) in [5, 5.41) is 3.21. The molecule has 1 aromatic carbocycles. The fourth-order valence-corrected chi connectivity index (χ4v) is 4.15. The van der Waals surface area contributed by atoms with E-state index in [-0.39, 0.29) is 16.6 Å². The summed E-state index contributed by atoms with van der Waals surface area (Å²) in [7, 11) is -1.71. The molecule has 1 amide bonds. The molecule has 7 nitrogen and oxygen atoms in total. The van der Waals surface area contributed by atoms with Gasteiger partial charge in [-0.05, 0) is 29.3 Å². The number of primary amides is 1. The number of fused-ring (bicyclic) bond motifs is 1. The Labute approximate surface area is 158 Å². The number of nitrogens with two attached hydrogens (primary N) is 1. The number of carbonyl (C=O) groups is 1. The van der Waals surface area contributed by atoms with Crippen molar-refractivity contribution in [3.05, 3.63) is 58.4 Å². The van der Waals surface area contributed by atoms with E-state index in [4.69, 9.17) is 15.5 Å². The minimum atomic E-state index is -3.28. The molecule has 0 saturated carbocycles. The molecule has 8 heteroatoms. The lowest BCUT2D eigenvalue weighted by atomic mass is 9.91. The predicted molar refractivity (Wildman–Crippen MR) is 101 cm³/mol. The van der Waals surface area contributed by atoms with E-state index in [0.717, 1.165) is 16.8 Å². The van der Waals surface area contributed by atoms with Gasteiger partial charge in [0.05, 0.1) is 40.1 Å². The van der Waals surface area contributed by atoms with Crippen molar-refractivity contribution in [2.75, 3.05) is 19.5 Å². The summed E-state index contributed by atoms with van der Waals surface area (Å²) >= 11 is 0. The van der Waals surface area contributed by atoms with Gasteiger partial charge in [-0.1, -0.05) is 19.1 Å². The molecule has 2 heterocycles. The number of carbonyl (C=O) groups excluding carboxylic acids is 1. The molecule has 144 valence electrons. The number of methoxy groups -OCH3 is 1. The standard InChI is InChI=1S/C19H23N3O4S/c1-3-27(24,25)14-6-4-12(5-7-14)16(11-26-2)18-15(19(20)23)8-13-9-21-10-17(13)22-18/h4-8,16,21H,3,9-11H2,1-2H3,(H2,20,23)/t16-/m1/s1. The van der Waals surface area contributed by atoms with Crippen molar-refractivity contribution in [2.45, 2.75) is 30.8 Å². The Morgan fingerprint density at radius 2 is 2.00 bits per heavy atom. The lowest BCUT2D eigenvalue weighted by Crippen LogP contribution is -2.21. The number of ether oxygens (including phenoxy) is 1. The molecule has 1 aliphatic heterocycles. The molecule has 1 aromatic heterocycles. The van der Waals surface area contributed by atoms with Crippen molar-refractivity contribution < 1.29 is 17.9 Å². The van der Waals surface area contributed by atoms with Crippen LogP contribution in [0.15, 0.2) is 35.2 Å². The summed E-state index contributed by atoms with van der Waals surface area (Å²) < 4.78 is 29.4.